The van der Waals surface area contributed by atoms with Gasteiger partial charge in [-0.3, -0.25) is 9.82 Å². The van der Waals surface area contributed by atoms with Crippen LogP contribution in [0.2, 0.25) is 0 Å². The summed E-state index contributed by atoms with van der Waals surface area (Å²) in [5.41, 5.74) is -1.68. The van der Waals surface area contributed by atoms with Crippen molar-refractivity contribution in [3.8, 4) is 22.6 Å². The smallest absolute Gasteiger partial charge is 0.265 e. The lowest BCUT2D eigenvalue weighted by molar-refractivity contribution is 0.566. The minimum absolute atomic E-state index is 0.0864. The van der Waals surface area contributed by atoms with Crippen LogP contribution in [0.5, 0.6) is 0 Å². The first-order valence-corrected chi connectivity index (χ1v) is 11.6. The maximum Gasteiger partial charge on any atom is 0.265 e. The van der Waals surface area contributed by atoms with Crippen molar-refractivity contribution in [2.75, 3.05) is 4.72 Å². The molecule has 0 aliphatic carbocycles. The molecule has 5 aromatic rings. The summed E-state index contributed by atoms with van der Waals surface area (Å²) in [5, 5.41) is 6.83. The lowest BCUT2D eigenvalue weighted by Crippen LogP contribution is -2.17. The van der Waals surface area contributed by atoms with Gasteiger partial charge in [-0.15, -0.1) is 0 Å². The Morgan fingerprint density at radius 1 is 0.943 bits per heavy atom. The zero-order valence-electron chi connectivity index (χ0n) is 17.8. The number of nitrogens with one attached hydrogen (secondary N) is 3. The van der Waals surface area contributed by atoms with Gasteiger partial charge in [-0.05, 0) is 36.8 Å². The van der Waals surface area contributed by atoms with E-state index in [-0.39, 0.29) is 11.1 Å². The highest BCUT2D eigenvalue weighted by molar-refractivity contribution is 7.92. The molecule has 12 heteroatoms. The van der Waals surface area contributed by atoms with Crippen molar-refractivity contribution in [1.29, 1.82) is 0 Å². The third-order valence-electron chi connectivity index (χ3n) is 5.44. The summed E-state index contributed by atoms with van der Waals surface area (Å²) in [7, 11) is -4.58. The zero-order chi connectivity index (χ0) is 24.9. The molecule has 0 bridgehead atoms. The van der Waals surface area contributed by atoms with Crippen LogP contribution in [0.4, 0.5) is 23.2 Å². The minimum Gasteiger partial charge on any atom is -0.343 e. The molecule has 0 atom stereocenters. The molecule has 0 aliphatic rings. The van der Waals surface area contributed by atoms with Gasteiger partial charge in [-0.25, -0.2) is 31.0 Å². The summed E-state index contributed by atoms with van der Waals surface area (Å²) < 4.78 is 87.2. The monoisotopic (exact) mass is 501 g/mol. The van der Waals surface area contributed by atoms with Crippen LogP contribution >= 0.6 is 0 Å². The maximum atomic E-state index is 15.4. The van der Waals surface area contributed by atoms with Crippen LogP contribution in [0.1, 0.15) is 5.56 Å². The van der Waals surface area contributed by atoms with Gasteiger partial charge in [0.25, 0.3) is 10.0 Å². The summed E-state index contributed by atoms with van der Waals surface area (Å²) in [6, 6.07) is 7.83. The van der Waals surface area contributed by atoms with E-state index in [9.17, 15) is 17.2 Å². The van der Waals surface area contributed by atoms with E-state index in [0.29, 0.717) is 16.9 Å². The van der Waals surface area contributed by atoms with E-state index in [1.165, 1.54) is 31.3 Å². The van der Waals surface area contributed by atoms with Crippen LogP contribution in [-0.4, -0.2) is 28.6 Å². The number of sulfonamides is 1. The van der Waals surface area contributed by atoms with Crippen molar-refractivity contribution in [1.82, 2.24) is 20.2 Å². The highest BCUT2D eigenvalue weighted by Crippen LogP contribution is 2.37. The summed E-state index contributed by atoms with van der Waals surface area (Å²) in [5.74, 6) is -4.18. The van der Waals surface area contributed by atoms with Gasteiger partial charge in [0, 0.05) is 23.3 Å². The molecular formula is C23H15F4N5O2S. The molecular weight excluding hydrogens is 486 g/mol. The van der Waals surface area contributed by atoms with Gasteiger partial charge in [-0.1, -0.05) is 18.2 Å². The van der Waals surface area contributed by atoms with Crippen LogP contribution in [-0.2, 0) is 10.0 Å². The predicted octanol–water partition coefficient (Wildman–Crippen LogP) is 5.29. The number of nitrogens with zero attached hydrogens (tertiary/aromatic N) is 2. The van der Waals surface area contributed by atoms with Gasteiger partial charge in [0.2, 0.25) is 0 Å². The average Bonchev–Trinajstić information content (AvgIpc) is 3.47. The van der Waals surface area contributed by atoms with E-state index >= 15 is 8.78 Å². The number of hydrogen-bond acceptors (Lipinski definition) is 4. The van der Waals surface area contributed by atoms with Gasteiger partial charge in [0.05, 0.1) is 11.3 Å². The molecule has 2 heterocycles. The maximum absolute atomic E-state index is 15.4. The molecule has 7 nitrogen and oxygen atoms in total. The number of aromatic amines is 2. The van der Waals surface area contributed by atoms with Crippen molar-refractivity contribution >= 4 is 26.6 Å². The number of hydrogen-bond donors (Lipinski definition) is 3. The third-order valence-corrected chi connectivity index (χ3v) is 6.98. The number of anilines is 1. The molecule has 5 rings (SSSR count). The van der Waals surface area contributed by atoms with Crippen molar-refractivity contribution < 1.29 is 26.0 Å². The van der Waals surface area contributed by atoms with Crippen LogP contribution in [0.3, 0.4) is 0 Å². The van der Waals surface area contributed by atoms with Gasteiger partial charge >= 0.3 is 0 Å². The molecule has 178 valence electrons. The first kappa shape index (κ1) is 22.6. The Labute approximate surface area is 195 Å². The highest BCUT2D eigenvalue weighted by atomic mass is 32.2. The quantitative estimate of drug-likeness (QED) is 0.285. The lowest BCUT2D eigenvalue weighted by Gasteiger charge is -2.14. The van der Waals surface area contributed by atoms with E-state index in [4.69, 9.17) is 0 Å². The molecule has 3 aromatic carbocycles. The second-order valence-electron chi connectivity index (χ2n) is 7.63. The van der Waals surface area contributed by atoms with Gasteiger partial charge in [0.15, 0.2) is 17.5 Å². The average molecular weight is 501 g/mol. The molecule has 0 aliphatic heterocycles. The summed E-state index contributed by atoms with van der Waals surface area (Å²) >= 11 is 0. The zero-order valence-corrected chi connectivity index (χ0v) is 18.6. The first-order valence-electron chi connectivity index (χ1n) is 10.1. The number of aryl methyl sites for hydroxylation is 1. The van der Waals surface area contributed by atoms with Crippen molar-refractivity contribution in [2.24, 2.45) is 0 Å². The summed E-state index contributed by atoms with van der Waals surface area (Å²) in [6.07, 6.45) is 3.04. The number of fused-ring (bicyclic) bond motifs is 1. The number of imidazole rings is 1. The van der Waals surface area contributed by atoms with Crippen molar-refractivity contribution in [3.63, 3.8) is 0 Å². The van der Waals surface area contributed by atoms with Gasteiger partial charge in [0.1, 0.15) is 27.7 Å². The second-order valence-corrected chi connectivity index (χ2v) is 9.25. The Morgan fingerprint density at radius 3 is 2.46 bits per heavy atom. The standard InChI is InChI=1S/C23H15F4N5O2S/c1-11-3-2-4-15(25)22(11)35(33,34)32-16-8-7-14(24)17(19(16)27)12-5-6-13-20(18(12)26)30-31-21(13)23-28-9-10-29-23/h2-10,32H,1H3,(H,28,29)(H,30,31). The van der Waals surface area contributed by atoms with Crippen molar-refractivity contribution in [2.45, 2.75) is 11.8 Å². The number of H-pyrrole nitrogens is 2. The molecule has 0 unspecified atom stereocenters. The number of halogens is 4. The number of benzene rings is 3. The van der Waals surface area contributed by atoms with Crippen LogP contribution in [0.25, 0.3) is 33.5 Å². The van der Waals surface area contributed by atoms with Crippen LogP contribution < -0.4 is 4.72 Å². The van der Waals surface area contributed by atoms with E-state index in [0.717, 1.165) is 24.3 Å². The molecule has 2 aromatic heterocycles. The van der Waals surface area contributed by atoms with Gasteiger partial charge in [-0.2, -0.15) is 5.10 Å². The molecule has 0 amide bonds. The Balaban J connectivity index is 1.61. The molecule has 0 saturated heterocycles. The summed E-state index contributed by atoms with van der Waals surface area (Å²) in [6.45, 7) is 1.37. The lowest BCUT2D eigenvalue weighted by atomic mass is 10.0. The molecule has 0 fully saturated rings. The second kappa shape index (κ2) is 8.24. The topological polar surface area (TPSA) is 104 Å². The fraction of sp³-hybridized carbons (Fsp3) is 0.0435. The summed E-state index contributed by atoms with van der Waals surface area (Å²) in [4.78, 5) is 6.22. The first-order chi connectivity index (χ1) is 16.7. The molecule has 0 radical (unpaired) electrons. The highest BCUT2D eigenvalue weighted by Gasteiger charge is 2.26. The molecule has 3 N–H and O–H groups in total. The molecule has 35 heavy (non-hydrogen) atoms. The van der Waals surface area contributed by atoms with E-state index < -0.39 is 55.0 Å². The number of aromatic nitrogens is 4. The Kier molecular flexibility index (Phi) is 5.32. The fourth-order valence-corrected chi connectivity index (χ4v) is 5.22. The number of rotatable bonds is 5. The predicted molar refractivity (Wildman–Crippen MR) is 121 cm³/mol. The van der Waals surface area contributed by atoms with Gasteiger partial charge < -0.3 is 4.98 Å². The SMILES string of the molecule is Cc1cccc(F)c1S(=O)(=O)Nc1ccc(F)c(-c2ccc3c(-c4ncc[nH]4)n[nH]c3c2F)c1F. The third kappa shape index (κ3) is 3.71. The van der Waals surface area contributed by atoms with Crippen molar-refractivity contribution in [3.05, 3.63) is 83.7 Å². The van der Waals surface area contributed by atoms with E-state index in [1.54, 1.807) is 6.20 Å². The van der Waals surface area contributed by atoms with E-state index in [2.05, 4.69) is 20.2 Å². The largest absolute Gasteiger partial charge is 0.343 e. The normalized spacial score (nSPS) is 11.8. The Bertz CT molecular complexity index is 1680. The fourth-order valence-electron chi connectivity index (χ4n) is 3.85. The molecule has 0 saturated carbocycles. The molecule has 0 spiro atoms. The van der Waals surface area contributed by atoms with Crippen LogP contribution in [0.15, 0.2) is 59.8 Å². The Hall–Kier alpha value is -4.19. The van der Waals surface area contributed by atoms with Crippen LogP contribution in [0, 0.1) is 30.2 Å². The van der Waals surface area contributed by atoms with E-state index in [1.807, 2.05) is 4.72 Å². The Morgan fingerprint density at radius 2 is 1.74 bits per heavy atom. The minimum atomic E-state index is -4.58.